The average molecular weight is 570 g/mol. The summed E-state index contributed by atoms with van der Waals surface area (Å²) in [6.07, 6.45) is 10.4. The van der Waals surface area contributed by atoms with Gasteiger partial charge >= 0.3 is 5.97 Å². The van der Waals surface area contributed by atoms with Crippen molar-refractivity contribution >= 4 is 40.5 Å². The van der Waals surface area contributed by atoms with E-state index in [0.717, 1.165) is 72.6 Å². The Bertz CT molecular complexity index is 1240. The van der Waals surface area contributed by atoms with Gasteiger partial charge in [-0.2, -0.15) is 16.9 Å². The second kappa shape index (κ2) is 14.5. The van der Waals surface area contributed by atoms with Crippen LogP contribution in [0.5, 0.6) is 5.75 Å². The molecule has 0 atom stereocenters. The van der Waals surface area contributed by atoms with Crippen LogP contribution < -0.4 is 15.0 Å². The van der Waals surface area contributed by atoms with E-state index in [1.54, 1.807) is 24.2 Å². The van der Waals surface area contributed by atoms with E-state index in [9.17, 15) is 4.79 Å². The van der Waals surface area contributed by atoms with Gasteiger partial charge < -0.3 is 19.7 Å². The van der Waals surface area contributed by atoms with Gasteiger partial charge in [0.15, 0.2) is 11.4 Å². The number of aromatic nitrogens is 5. The van der Waals surface area contributed by atoms with E-state index in [-0.39, 0.29) is 5.97 Å². The highest BCUT2D eigenvalue weighted by Gasteiger charge is 2.26. The molecule has 218 valence electrons. The monoisotopic (exact) mass is 569 g/mol. The zero-order valence-corrected chi connectivity index (χ0v) is 25.3. The molecule has 0 spiro atoms. The third kappa shape index (κ3) is 7.77. The van der Waals surface area contributed by atoms with Crippen LogP contribution in [0.4, 0.5) is 11.8 Å². The van der Waals surface area contributed by atoms with E-state index in [1.165, 1.54) is 0 Å². The summed E-state index contributed by atoms with van der Waals surface area (Å²) in [6, 6.07) is 2.20. The van der Waals surface area contributed by atoms with Crippen molar-refractivity contribution in [2.75, 3.05) is 48.5 Å². The van der Waals surface area contributed by atoms with Gasteiger partial charge in [0.25, 0.3) is 0 Å². The molecule has 1 aliphatic carbocycles. The van der Waals surface area contributed by atoms with Gasteiger partial charge in [-0.05, 0) is 70.6 Å². The number of nitrogens with one attached hydrogen (secondary N) is 1. The highest BCUT2D eigenvalue weighted by Crippen LogP contribution is 2.33. The van der Waals surface area contributed by atoms with Crippen LogP contribution in [-0.2, 0) is 23.1 Å². The lowest BCUT2D eigenvalue weighted by Gasteiger charge is -2.33. The summed E-state index contributed by atoms with van der Waals surface area (Å²) in [5.41, 5.74) is 2.94. The number of nitrogens with zero attached hydrogens (tertiary/aromatic N) is 6. The molecule has 1 aliphatic rings. The van der Waals surface area contributed by atoms with Crippen molar-refractivity contribution < 1.29 is 14.3 Å². The Morgan fingerprint density at radius 2 is 1.90 bits per heavy atom. The summed E-state index contributed by atoms with van der Waals surface area (Å²) in [5, 5.41) is 9.05. The van der Waals surface area contributed by atoms with Crippen LogP contribution in [0.15, 0.2) is 18.5 Å². The first-order valence-corrected chi connectivity index (χ1v) is 15.7. The lowest BCUT2D eigenvalue weighted by Crippen LogP contribution is -2.33. The SMILES string of the molecule is CCOC(=O)CC1CCC(CN(CC)c2nc3c(cc2CNc2ncc(OCCSC)cn2)c(C)nn3C)CC1. The van der Waals surface area contributed by atoms with Gasteiger partial charge in [-0.3, -0.25) is 9.48 Å². The maximum atomic E-state index is 11.9. The molecule has 10 nitrogen and oxygen atoms in total. The van der Waals surface area contributed by atoms with Gasteiger partial charge in [0.05, 0.1) is 31.3 Å². The molecule has 0 radical (unpaired) electrons. The molecule has 1 N–H and O–H groups in total. The largest absolute Gasteiger partial charge is 0.489 e. The fraction of sp³-hybridized carbons (Fsp3) is 0.621. The number of thioether (sulfide) groups is 1. The van der Waals surface area contributed by atoms with E-state index in [4.69, 9.17) is 14.5 Å². The highest BCUT2D eigenvalue weighted by molar-refractivity contribution is 7.98. The minimum atomic E-state index is -0.0658. The highest BCUT2D eigenvalue weighted by atomic mass is 32.2. The molecule has 1 saturated carbocycles. The van der Waals surface area contributed by atoms with Gasteiger partial charge in [-0.15, -0.1) is 0 Å². The number of carbonyl (C=O) groups is 1. The predicted octanol–water partition coefficient (Wildman–Crippen LogP) is 5.01. The molecule has 3 heterocycles. The zero-order valence-electron chi connectivity index (χ0n) is 24.5. The minimum absolute atomic E-state index is 0.0658. The third-order valence-electron chi connectivity index (χ3n) is 7.56. The molecular formula is C29H43N7O3S. The van der Waals surface area contributed by atoms with E-state index in [0.29, 0.717) is 49.7 Å². The van der Waals surface area contributed by atoms with Crippen LogP contribution in [-0.4, -0.2) is 69.0 Å². The van der Waals surface area contributed by atoms with Crippen LogP contribution in [0.3, 0.4) is 0 Å². The number of esters is 1. The molecule has 11 heteroatoms. The molecule has 3 aromatic heterocycles. The van der Waals surface area contributed by atoms with E-state index in [2.05, 4.69) is 44.5 Å². The number of rotatable bonds is 14. The maximum Gasteiger partial charge on any atom is 0.306 e. The van der Waals surface area contributed by atoms with Crippen molar-refractivity contribution in [3.8, 4) is 5.75 Å². The molecule has 0 saturated heterocycles. The van der Waals surface area contributed by atoms with Gasteiger partial charge in [0, 0.05) is 49.8 Å². The standard InChI is InChI=1S/C29H43N7O3S/c1-6-36(19-22-10-8-21(9-11-22)14-26(37)38-7-2)27-23(15-25-20(3)34-35(4)28(25)33-27)16-30-29-31-17-24(18-32-29)39-12-13-40-5/h15,17-18,21-22H,6-14,16,19H2,1-5H3,(H,30,31,32). The van der Waals surface area contributed by atoms with Crippen LogP contribution in [0.1, 0.15) is 57.2 Å². The number of aryl methyl sites for hydroxylation is 2. The number of hydrogen-bond acceptors (Lipinski definition) is 10. The normalized spacial score (nSPS) is 17.1. The van der Waals surface area contributed by atoms with Crippen LogP contribution in [0, 0.1) is 18.8 Å². The molecule has 40 heavy (non-hydrogen) atoms. The fourth-order valence-electron chi connectivity index (χ4n) is 5.43. The summed E-state index contributed by atoms with van der Waals surface area (Å²) >= 11 is 1.74. The second-order valence-corrected chi connectivity index (χ2v) is 11.4. The van der Waals surface area contributed by atoms with Crippen molar-refractivity contribution in [2.45, 2.75) is 59.4 Å². The lowest BCUT2D eigenvalue weighted by molar-refractivity contribution is -0.144. The van der Waals surface area contributed by atoms with Gasteiger partial charge in [-0.1, -0.05) is 0 Å². The second-order valence-electron chi connectivity index (χ2n) is 10.4. The molecule has 0 unspecified atom stereocenters. The minimum Gasteiger partial charge on any atom is -0.489 e. The Kier molecular flexibility index (Phi) is 10.9. The molecule has 1 fully saturated rings. The van der Waals surface area contributed by atoms with Gasteiger partial charge in [0.2, 0.25) is 5.95 Å². The summed E-state index contributed by atoms with van der Waals surface area (Å²) < 4.78 is 12.7. The van der Waals surface area contributed by atoms with Crippen molar-refractivity contribution in [2.24, 2.45) is 18.9 Å². The van der Waals surface area contributed by atoms with Crippen molar-refractivity contribution in [3.05, 3.63) is 29.7 Å². The number of hydrogen-bond donors (Lipinski definition) is 1. The molecule has 0 amide bonds. The van der Waals surface area contributed by atoms with Crippen molar-refractivity contribution in [1.29, 1.82) is 0 Å². The predicted molar refractivity (Wildman–Crippen MR) is 161 cm³/mol. The number of ether oxygens (including phenoxy) is 2. The van der Waals surface area contributed by atoms with Gasteiger partial charge in [0.1, 0.15) is 5.82 Å². The first-order valence-electron chi connectivity index (χ1n) is 14.3. The van der Waals surface area contributed by atoms with Crippen LogP contribution in [0.2, 0.25) is 0 Å². The molecule has 3 aromatic rings. The third-order valence-corrected chi connectivity index (χ3v) is 8.14. The number of fused-ring (bicyclic) bond motifs is 1. The first-order chi connectivity index (χ1) is 19.4. The first kappa shape index (κ1) is 29.9. The Morgan fingerprint density at radius 1 is 1.18 bits per heavy atom. The molecular weight excluding hydrogens is 526 g/mol. The lowest BCUT2D eigenvalue weighted by atomic mass is 9.80. The maximum absolute atomic E-state index is 11.9. The smallest absolute Gasteiger partial charge is 0.306 e. The number of anilines is 2. The summed E-state index contributed by atoms with van der Waals surface area (Å²) in [4.78, 5) is 28.4. The Hall–Kier alpha value is -3.08. The van der Waals surface area contributed by atoms with E-state index < -0.39 is 0 Å². The Balaban J connectivity index is 1.47. The Labute approximate surface area is 241 Å². The zero-order chi connectivity index (χ0) is 28.5. The van der Waals surface area contributed by atoms with Crippen molar-refractivity contribution in [3.63, 3.8) is 0 Å². The van der Waals surface area contributed by atoms with Crippen LogP contribution in [0.25, 0.3) is 11.0 Å². The summed E-state index contributed by atoms with van der Waals surface area (Å²) in [5.74, 6) is 4.04. The molecule has 0 aromatic carbocycles. The average Bonchev–Trinajstić information content (AvgIpc) is 3.23. The van der Waals surface area contributed by atoms with Crippen LogP contribution >= 0.6 is 11.8 Å². The van der Waals surface area contributed by atoms with E-state index >= 15 is 0 Å². The number of carbonyl (C=O) groups excluding carboxylic acids is 1. The fourth-order valence-corrected chi connectivity index (χ4v) is 5.68. The van der Waals surface area contributed by atoms with E-state index in [1.807, 2.05) is 25.6 Å². The Morgan fingerprint density at radius 3 is 2.58 bits per heavy atom. The molecule has 4 rings (SSSR count). The van der Waals surface area contributed by atoms with Gasteiger partial charge in [-0.25, -0.2) is 15.0 Å². The molecule has 0 aliphatic heterocycles. The quantitative estimate of drug-likeness (QED) is 0.210. The summed E-state index contributed by atoms with van der Waals surface area (Å²) in [6.45, 7) is 9.48. The summed E-state index contributed by atoms with van der Waals surface area (Å²) in [7, 11) is 1.95. The molecule has 0 bridgehead atoms. The van der Waals surface area contributed by atoms with Crippen molar-refractivity contribution in [1.82, 2.24) is 24.7 Å². The topological polar surface area (TPSA) is 107 Å². The number of pyridine rings is 1.